The van der Waals surface area contributed by atoms with Gasteiger partial charge in [-0.15, -0.1) is 24.0 Å². The fraction of sp³-hybridized carbons (Fsp3) is 0.615. The van der Waals surface area contributed by atoms with Crippen molar-refractivity contribution in [2.24, 2.45) is 5.92 Å². The van der Waals surface area contributed by atoms with Crippen molar-refractivity contribution in [2.45, 2.75) is 44.4 Å². The van der Waals surface area contributed by atoms with Crippen LogP contribution in [-0.4, -0.2) is 12.6 Å². The van der Waals surface area contributed by atoms with E-state index in [-0.39, 0.29) is 5.97 Å². The number of hydrogen-bond acceptors (Lipinski definition) is 4. The number of thiol groups is 1. The Hall–Kier alpha value is -0.480. The third-order valence-corrected chi connectivity index (χ3v) is 4.12. The van der Waals surface area contributed by atoms with E-state index in [4.69, 9.17) is 4.74 Å². The molecule has 0 fully saturated rings. The standard InChI is InChI=1S/C13H20O2S2/c1-3-5-6-10(4-2)8-15-13(14)12-7-11(16)9-17-12/h7,9-10,16H,3-6,8H2,1-2H3. The first kappa shape index (κ1) is 14.6. The summed E-state index contributed by atoms with van der Waals surface area (Å²) in [6, 6.07) is 1.75. The van der Waals surface area contributed by atoms with Gasteiger partial charge in [0.1, 0.15) is 4.88 Å². The van der Waals surface area contributed by atoms with Crippen LogP contribution in [0.4, 0.5) is 0 Å². The molecule has 1 heterocycles. The van der Waals surface area contributed by atoms with Crippen LogP contribution >= 0.6 is 24.0 Å². The number of unbranched alkanes of at least 4 members (excludes halogenated alkanes) is 1. The van der Waals surface area contributed by atoms with E-state index in [1.54, 1.807) is 6.07 Å². The second-order valence-electron chi connectivity index (χ2n) is 4.18. The monoisotopic (exact) mass is 272 g/mol. The van der Waals surface area contributed by atoms with E-state index in [2.05, 4.69) is 26.5 Å². The summed E-state index contributed by atoms with van der Waals surface area (Å²) in [5.41, 5.74) is 0. The highest BCUT2D eigenvalue weighted by molar-refractivity contribution is 7.80. The molecule has 1 atom stereocenters. The molecule has 1 aromatic rings. The van der Waals surface area contributed by atoms with Gasteiger partial charge in [-0.1, -0.05) is 33.1 Å². The molecule has 0 amide bonds. The number of carbonyl (C=O) groups excluding carboxylic acids is 1. The number of thiophene rings is 1. The van der Waals surface area contributed by atoms with Gasteiger partial charge in [0.25, 0.3) is 0 Å². The first-order valence-electron chi connectivity index (χ1n) is 6.12. The van der Waals surface area contributed by atoms with Crippen LogP contribution in [-0.2, 0) is 4.74 Å². The molecule has 0 N–H and O–H groups in total. The van der Waals surface area contributed by atoms with Crippen molar-refractivity contribution in [1.29, 1.82) is 0 Å². The highest BCUT2D eigenvalue weighted by Crippen LogP contribution is 2.19. The fourth-order valence-electron chi connectivity index (χ4n) is 1.60. The first-order chi connectivity index (χ1) is 8.17. The summed E-state index contributed by atoms with van der Waals surface area (Å²) in [7, 11) is 0. The molecule has 0 spiro atoms. The van der Waals surface area contributed by atoms with Crippen LogP contribution < -0.4 is 0 Å². The molecule has 17 heavy (non-hydrogen) atoms. The van der Waals surface area contributed by atoms with E-state index in [0.717, 1.165) is 17.7 Å². The number of esters is 1. The molecule has 0 aliphatic carbocycles. The summed E-state index contributed by atoms with van der Waals surface area (Å²) in [5, 5.41) is 1.84. The molecular formula is C13H20O2S2. The third kappa shape index (κ3) is 5.13. The smallest absolute Gasteiger partial charge is 0.348 e. The molecule has 0 aliphatic rings. The highest BCUT2D eigenvalue weighted by atomic mass is 32.1. The van der Waals surface area contributed by atoms with Crippen LogP contribution in [0.25, 0.3) is 0 Å². The molecule has 4 heteroatoms. The van der Waals surface area contributed by atoms with Gasteiger partial charge in [0.2, 0.25) is 0 Å². The lowest BCUT2D eigenvalue weighted by Crippen LogP contribution is -2.13. The maximum atomic E-state index is 11.7. The topological polar surface area (TPSA) is 26.3 Å². The average molecular weight is 272 g/mol. The van der Waals surface area contributed by atoms with Crippen molar-refractivity contribution in [2.75, 3.05) is 6.61 Å². The quantitative estimate of drug-likeness (QED) is 0.588. The van der Waals surface area contributed by atoms with Crippen LogP contribution in [0.3, 0.4) is 0 Å². The SMILES string of the molecule is CCCCC(CC)COC(=O)c1cc(S)cs1. The maximum absolute atomic E-state index is 11.7. The van der Waals surface area contributed by atoms with E-state index in [1.807, 2.05) is 5.38 Å². The van der Waals surface area contributed by atoms with Gasteiger partial charge < -0.3 is 4.74 Å². The van der Waals surface area contributed by atoms with Crippen LogP contribution in [0.15, 0.2) is 16.3 Å². The van der Waals surface area contributed by atoms with Crippen molar-refractivity contribution in [3.8, 4) is 0 Å². The molecule has 0 aliphatic heterocycles. The van der Waals surface area contributed by atoms with E-state index in [1.165, 1.54) is 24.2 Å². The third-order valence-electron chi connectivity index (χ3n) is 2.78. The van der Waals surface area contributed by atoms with Gasteiger partial charge in [-0.3, -0.25) is 0 Å². The Morgan fingerprint density at radius 1 is 1.53 bits per heavy atom. The van der Waals surface area contributed by atoms with Crippen molar-refractivity contribution < 1.29 is 9.53 Å². The van der Waals surface area contributed by atoms with Crippen LogP contribution in [0, 0.1) is 5.92 Å². The lowest BCUT2D eigenvalue weighted by molar-refractivity contribution is 0.0434. The zero-order valence-corrected chi connectivity index (χ0v) is 12.2. The summed E-state index contributed by atoms with van der Waals surface area (Å²) in [6.07, 6.45) is 4.60. The predicted octanol–water partition coefficient (Wildman–Crippen LogP) is 4.41. The van der Waals surface area contributed by atoms with Gasteiger partial charge in [-0.05, 0) is 18.4 Å². The van der Waals surface area contributed by atoms with Crippen LogP contribution in [0.2, 0.25) is 0 Å². The number of rotatable bonds is 7. The summed E-state index contributed by atoms with van der Waals surface area (Å²) in [5.74, 6) is 0.277. The van der Waals surface area contributed by atoms with Gasteiger partial charge in [-0.2, -0.15) is 0 Å². The normalized spacial score (nSPS) is 12.4. The summed E-state index contributed by atoms with van der Waals surface area (Å²) < 4.78 is 5.33. The van der Waals surface area contributed by atoms with Gasteiger partial charge in [0.15, 0.2) is 0 Å². The molecule has 0 bridgehead atoms. The largest absolute Gasteiger partial charge is 0.461 e. The maximum Gasteiger partial charge on any atom is 0.348 e. The summed E-state index contributed by atoms with van der Waals surface area (Å²) in [4.78, 5) is 13.2. The Kier molecular flexibility index (Phi) is 6.66. The Bertz CT molecular complexity index is 347. The minimum Gasteiger partial charge on any atom is -0.461 e. The van der Waals surface area contributed by atoms with Crippen molar-refractivity contribution >= 4 is 29.9 Å². The van der Waals surface area contributed by atoms with Crippen molar-refractivity contribution in [3.05, 3.63) is 16.3 Å². The van der Waals surface area contributed by atoms with Crippen molar-refractivity contribution in [1.82, 2.24) is 0 Å². The molecule has 0 saturated carbocycles. The summed E-state index contributed by atoms with van der Waals surface area (Å²) >= 11 is 5.56. The van der Waals surface area contributed by atoms with Crippen LogP contribution in [0.1, 0.15) is 49.2 Å². The van der Waals surface area contributed by atoms with E-state index in [0.29, 0.717) is 17.4 Å². The Morgan fingerprint density at radius 3 is 2.82 bits per heavy atom. The Balaban J connectivity index is 2.36. The number of carbonyl (C=O) groups is 1. The molecule has 0 saturated heterocycles. The number of ether oxygens (including phenoxy) is 1. The fourth-order valence-corrected chi connectivity index (χ4v) is 2.64. The minimum atomic E-state index is -0.217. The second kappa shape index (κ2) is 7.77. The lowest BCUT2D eigenvalue weighted by Gasteiger charge is -2.13. The predicted molar refractivity (Wildman–Crippen MR) is 75.2 cm³/mol. The van der Waals surface area contributed by atoms with E-state index in [9.17, 15) is 4.79 Å². The Morgan fingerprint density at radius 2 is 2.29 bits per heavy atom. The molecule has 1 aromatic heterocycles. The second-order valence-corrected chi connectivity index (χ2v) is 5.61. The number of hydrogen-bond donors (Lipinski definition) is 1. The van der Waals surface area contributed by atoms with Gasteiger partial charge in [-0.25, -0.2) is 4.79 Å². The first-order valence-corrected chi connectivity index (χ1v) is 7.44. The molecule has 2 nitrogen and oxygen atoms in total. The van der Waals surface area contributed by atoms with Gasteiger partial charge in [0.05, 0.1) is 6.61 Å². The van der Waals surface area contributed by atoms with Crippen molar-refractivity contribution in [3.63, 3.8) is 0 Å². The molecular weight excluding hydrogens is 252 g/mol. The highest BCUT2D eigenvalue weighted by Gasteiger charge is 2.13. The average Bonchev–Trinajstić information content (AvgIpc) is 2.76. The zero-order valence-electron chi connectivity index (χ0n) is 10.4. The van der Waals surface area contributed by atoms with Crippen LogP contribution in [0.5, 0.6) is 0 Å². The van der Waals surface area contributed by atoms with E-state index >= 15 is 0 Å². The molecule has 1 rings (SSSR count). The molecule has 0 aromatic carbocycles. The minimum absolute atomic E-state index is 0.217. The van der Waals surface area contributed by atoms with Gasteiger partial charge in [0, 0.05) is 10.3 Å². The molecule has 96 valence electrons. The summed E-state index contributed by atoms with van der Waals surface area (Å²) in [6.45, 7) is 4.86. The lowest BCUT2D eigenvalue weighted by atomic mass is 10.0. The Labute approximate surface area is 113 Å². The van der Waals surface area contributed by atoms with E-state index < -0.39 is 0 Å². The van der Waals surface area contributed by atoms with Gasteiger partial charge >= 0.3 is 5.97 Å². The molecule has 0 radical (unpaired) electrons. The zero-order chi connectivity index (χ0) is 12.7. The molecule has 1 unspecified atom stereocenters.